The van der Waals surface area contributed by atoms with Crippen LogP contribution in [0.1, 0.15) is 31.9 Å². The predicted octanol–water partition coefficient (Wildman–Crippen LogP) is 4.45. The van der Waals surface area contributed by atoms with E-state index in [1.54, 1.807) is 32.1 Å². The molecule has 238 valence electrons. The number of hydrogen-bond acceptors (Lipinski definition) is 5. The van der Waals surface area contributed by atoms with Crippen LogP contribution in [0.3, 0.4) is 0 Å². The van der Waals surface area contributed by atoms with Crippen LogP contribution in [-0.2, 0) is 32.0 Å². The van der Waals surface area contributed by atoms with Crippen LogP contribution < -0.4 is 5.32 Å². The SMILES string of the molecule is CNC(=O)[C@@H](Cc1ccccc1)N(C)C(=O)[C@@H](Cc1ccc2ccccc2c1)N(C)C(=O)/C=C/C1CN(C(=O)OC(C)(C)C)C1. The lowest BCUT2D eigenvalue weighted by Gasteiger charge is -2.38. The number of benzene rings is 3. The van der Waals surface area contributed by atoms with Gasteiger partial charge in [0.05, 0.1) is 0 Å². The summed E-state index contributed by atoms with van der Waals surface area (Å²) < 4.78 is 5.42. The average Bonchev–Trinajstić information content (AvgIpc) is 2.99. The van der Waals surface area contributed by atoms with E-state index in [0.29, 0.717) is 19.5 Å². The summed E-state index contributed by atoms with van der Waals surface area (Å²) in [6.45, 7) is 6.38. The van der Waals surface area contributed by atoms with Gasteiger partial charge in [0.2, 0.25) is 17.7 Å². The van der Waals surface area contributed by atoms with E-state index in [4.69, 9.17) is 4.74 Å². The van der Waals surface area contributed by atoms with E-state index in [1.807, 2.05) is 93.6 Å². The number of nitrogens with zero attached hydrogens (tertiary/aromatic N) is 3. The number of fused-ring (bicyclic) bond motifs is 1. The van der Waals surface area contributed by atoms with Crippen molar-refractivity contribution < 1.29 is 23.9 Å². The van der Waals surface area contributed by atoms with Crippen LogP contribution >= 0.6 is 0 Å². The maximum atomic E-state index is 14.2. The molecule has 45 heavy (non-hydrogen) atoms. The Morgan fingerprint density at radius 3 is 2.13 bits per heavy atom. The first-order chi connectivity index (χ1) is 21.4. The van der Waals surface area contributed by atoms with Crippen LogP contribution in [0.25, 0.3) is 10.8 Å². The Morgan fingerprint density at radius 2 is 1.49 bits per heavy atom. The molecule has 1 N–H and O–H groups in total. The summed E-state index contributed by atoms with van der Waals surface area (Å²) in [6, 6.07) is 21.9. The van der Waals surface area contributed by atoms with Crippen LogP contribution in [0.4, 0.5) is 4.79 Å². The smallest absolute Gasteiger partial charge is 0.410 e. The van der Waals surface area contributed by atoms with Crippen molar-refractivity contribution in [2.24, 2.45) is 5.92 Å². The van der Waals surface area contributed by atoms with Gasteiger partial charge in [-0.05, 0) is 48.7 Å². The molecule has 9 heteroatoms. The Labute approximate surface area is 265 Å². The molecule has 0 unspecified atom stereocenters. The molecule has 1 fully saturated rings. The molecule has 0 aromatic heterocycles. The minimum absolute atomic E-state index is 0.00989. The Hall–Kier alpha value is -4.66. The molecule has 3 aromatic rings. The van der Waals surface area contributed by atoms with E-state index in [1.165, 1.54) is 15.9 Å². The highest BCUT2D eigenvalue weighted by atomic mass is 16.6. The topological polar surface area (TPSA) is 99.3 Å². The number of hydrogen-bond donors (Lipinski definition) is 1. The molecular formula is C36H44N4O5. The number of carbonyl (C=O) groups is 4. The van der Waals surface area contributed by atoms with E-state index < -0.39 is 17.7 Å². The molecule has 0 bridgehead atoms. The predicted molar refractivity (Wildman–Crippen MR) is 175 cm³/mol. The van der Waals surface area contributed by atoms with Crippen LogP contribution in [0, 0.1) is 5.92 Å². The lowest BCUT2D eigenvalue weighted by Crippen LogP contribution is -2.55. The number of rotatable bonds is 10. The van der Waals surface area contributed by atoms with Crippen LogP contribution in [-0.4, -0.2) is 90.4 Å². The Kier molecular flexibility index (Phi) is 10.6. The third kappa shape index (κ3) is 8.71. The fourth-order valence-electron chi connectivity index (χ4n) is 5.38. The summed E-state index contributed by atoms with van der Waals surface area (Å²) in [5.41, 5.74) is 1.25. The van der Waals surface area contributed by atoms with Gasteiger partial charge in [-0.25, -0.2) is 4.79 Å². The second-order valence-corrected chi connectivity index (χ2v) is 12.6. The lowest BCUT2D eigenvalue weighted by molar-refractivity contribution is -0.146. The standard InChI is InChI=1S/C36H44N4O5/c1-36(2,3)45-35(44)40-23-27(24-40)17-19-32(41)38(5)31(22-26-16-18-28-14-10-11-15-29(28)20-26)34(43)39(6)30(33(42)37-4)21-25-12-8-7-9-13-25/h7-20,27,30-31H,21-24H2,1-6H3,(H,37,42)/b19-17+/t30-,31-/m1/s1. The second kappa shape index (κ2) is 14.4. The normalized spacial score (nSPS) is 14.8. The number of amides is 4. The average molecular weight is 613 g/mol. The Balaban J connectivity index is 1.54. The number of carbonyl (C=O) groups excluding carboxylic acids is 4. The van der Waals surface area contributed by atoms with Gasteiger partial charge in [-0.15, -0.1) is 0 Å². The van der Waals surface area contributed by atoms with Gasteiger partial charge < -0.3 is 24.8 Å². The quantitative estimate of drug-likeness (QED) is 0.341. The van der Waals surface area contributed by atoms with Gasteiger partial charge in [-0.2, -0.15) is 0 Å². The van der Waals surface area contributed by atoms with Crippen LogP contribution in [0.5, 0.6) is 0 Å². The summed E-state index contributed by atoms with van der Waals surface area (Å²) in [7, 11) is 4.78. The Morgan fingerprint density at radius 1 is 0.867 bits per heavy atom. The number of nitrogens with one attached hydrogen (secondary N) is 1. The monoisotopic (exact) mass is 612 g/mol. The van der Waals surface area contributed by atoms with Crippen LogP contribution in [0.2, 0.25) is 0 Å². The first-order valence-corrected chi connectivity index (χ1v) is 15.3. The van der Waals surface area contributed by atoms with Gasteiger partial charge in [0, 0.05) is 53.0 Å². The molecule has 4 rings (SSSR count). The number of likely N-dealkylation sites (tertiary alicyclic amines) is 1. The molecule has 1 aliphatic heterocycles. The minimum Gasteiger partial charge on any atom is -0.444 e. The van der Waals surface area contributed by atoms with Crippen molar-refractivity contribution in [3.63, 3.8) is 0 Å². The summed E-state index contributed by atoms with van der Waals surface area (Å²) in [5.74, 6) is -0.947. The van der Waals surface area contributed by atoms with Crippen molar-refractivity contribution in [2.75, 3.05) is 34.2 Å². The number of ether oxygens (including phenoxy) is 1. The first-order valence-electron chi connectivity index (χ1n) is 15.3. The molecule has 0 spiro atoms. The lowest BCUT2D eigenvalue weighted by atomic mass is 9.98. The van der Waals surface area contributed by atoms with Crippen molar-refractivity contribution in [3.05, 3.63) is 96.1 Å². The fraction of sp³-hybridized carbons (Fsp3) is 0.389. The van der Waals surface area contributed by atoms with E-state index in [9.17, 15) is 19.2 Å². The van der Waals surface area contributed by atoms with Gasteiger partial charge in [-0.3, -0.25) is 14.4 Å². The van der Waals surface area contributed by atoms with Crippen molar-refractivity contribution >= 4 is 34.6 Å². The van der Waals surface area contributed by atoms with E-state index in [-0.39, 0.29) is 36.2 Å². The zero-order chi connectivity index (χ0) is 32.7. The molecule has 4 amide bonds. The zero-order valence-corrected chi connectivity index (χ0v) is 27.0. The van der Waals surface area contributed by atoms with Gasteiger partial charge in [0.15, 0.2) is 0 Å². The van der Waals surface area contributed by atoms with E-state index in [0.717, 1.165) is 21.9 Å². The Bertz CT molecular complexity index is 1540. The highest BCUT2D eigenvalue weighted by molar-refractivity contribution is 5.95. The molecule has 0 saturated carbocycles. The maximum absolute atomic E-state index is 14.2. The maximum Gasteiger partial charge on any atom is 0.410 e. The molecule has 0 radical (unpaired) electrons. The highest BCUT2D eigenvalue weighted by Gasteiger charge is 2.35. The summed E-state index contributed by atoms with van der Waals surface area (Å²) in [5, 5.41) is 4.81. The van der Waals surface area contributed by atoms with Crippen molar-refractivity contribution in [3.8, 4) is 0 Å². The molecule has 1 heterocycles. The highest BCUT2D eigenvalue weighted by Crippen LogP contribution is 2.22. The van der Waals surface area contributed by atoms with E-state index in [2.05, 4.69) is 5.32 Å². The summed E-state index contributed by atoms with van der Waals surface area (Å²) in [6.07, 6.45) is 3.48. The van der Waals surface area contributed by atoms with E-state index >= 15 is 0 Å². The van der Waals surface area contributed by atoms with Gasteiger partial charge >= 0.3 is 6.09 Å². The minimum atomic E-state index is -0.865. The third-order valence-electron chi connectivity index (χ3n) is 8.05. The molecule has 2 atom stereocenters. The van der Waals surface area contributed by atoms with Crippen molar-refractivity contribution in [2.45, 2.75) is 51.3 Å². The van der Waals surface area contributed by atoms with Gasteiger partial charge in [0.1, 0.15) is 17.7 Å². The third-order valence-corrected chi connectivity index (χ3v) is 8.05. The van der Waals surface area contributed by atoms with Crippen molar-refractivity contribution in [1.29, 1.82) is 0 Å². The fourth-order valence-corrected chi connectivity index (χ4v) is 5.38. The molecule has 9 nitrogen and oxygen atoms in total. The molecule has 0 aliphatic carbocycles. The molecule has 1 saturated heterocycles. The molecular weight excluding hydrogens is 568 g/mol. The summed E-state index contributed by atoms with van der Waals surface area (Å²) >= 11 is 0. The number of likely N-dealkylation sites (N-methyl/N-ethyl adjacent to an activating group) is 3. The summed E-state index contributed by atoms with van der Waals surface area (Å²) in [4.78, 5) is 57.5. The van der Waals surface area contributed by atoms with Crippen molar-refractivity contribution in [1.82, 2.24) is 20.0 Å². The largest absolute Gasteiger partial charge is 0.444 e. The molecule has 1 aliphatic rings. The zero-order valence-electron chi connectivity index (χ0n) is 27.0. The first kappa shape index (κ1) is 33.2. The molecule has 3 aromatic carbocycles. The van der Waals surface area contributed by atoms with Gasteiger partial charge in [-0.1, -0.05) is 78.9 Å². The van der Waals surface area contributed by atoms with Crippen LogP contribution in [0.15, 0.2) is 84.9 Å². The second-order valence-electron chi connectivity index (χ2n) is 12.6. The van der Waals surface area contributed by atoms with Gasteiger partial charge in [0.25, 0.3) is 0 Å².